The molecule has 3 nitrogen and oxygen atoms in total. The van der Waals surface area contributed by atoms with E-state index < -0.39 is 0 Å². The molecule has 2 fully saturated rings. The van der Waals surface area contributed by atoms with E-state index in [-0.39, 0.29) is 23.3 Å². The fourth-order valence-corrected chi connectivity index (χ4v) is 7.51. The third-order valence-corrected chi connectivity index (χ3v) is 9.65. The van der Waals surface area contributed by atoms with Crippen molar-refractivity contribution in [1.29, 1.82) is 0 Å². The molecular weight excluding hydrogens is 495 g/mol. The zero-order valence-electron chi connectivity index (χ0n) is 19.7. The molecule has 3 aromatic rings. The highest BCUT2D eigenvalue weighted by molar-refractivity contribution is 7.08. The topological polar surface area (TPSA) is 32.3 Å². The summed E-state index contributed by atoms with van der Waals surface area (Å²) in [4.78, 5) is 15.6. The van der Waals surface area contributed by atoms with Crippen molar-refractivity contribution in [3.05, 3.63) is 97.2 Å². The Hall–Kier alpha value is -2.11. The number of halogens is 2. The Bertz CT molecular complexity index is 1320. The van der Waals surface area contributed by atoms with Gasteiger partial charge in [-0.2, -0.15) is 11.3 Å². The van der Waals surface area contributed by atoms with Gasteiger partial charge in [-0.15, -0.1) is 0 Å². The number of hydrogen-bond donors (Lipinski definition) is 1. The normalized spacial score (nSPS) is 25.7. The van der Waals surface area contributed by atoms with Crippen LogP contribution in [-0.2, 0) is 5.54 Å². The van der Waals surface area contributed by atoms with Crippen LogP contribution in [0.1, 0.15) is 57.8 Å². The second-order valence-electron chi connectivity index (χ2n) is 10.1. The predicted octanol–water partition coefficient (Wildman–Crippen LogP) is 7.29. The lowest BCUT2D eigenvalue weighted by atomic mass is 9.82. The number of fused-ring (bicyclic) bond motifs is 2. The van der Waals surface area contributed by atoms with Gasteiger partial charge < -0.3 is 10.2 Å². The van der Waals surface area contributed by atoms with Crippen LogP contribution >= 0.6 is 34.5 Å². The van der Waals surface area contributed by atoms with Crippen molar-refractivity contribution in [2.24, 2.45) is 5.92 Å². The molecule has 3 aliphatic rings. The van der Waals surface area contributed by atoms with Crippen molar-refractivity contribution in [2.45, 2.75) is 37.6 Å². The molecule has 2 saturated heterocycles. The molecular formula is C29H28Cl2N2OS. The summed E-state index contributed by atoms with van der Waals surface area (Å²) in [5.74, 6) is 0.506. The fourth-order valence-electron chi connectivity index (χ4n) is 6.30. The lowest BCUT2D eigenvalue weighted by Gasteiger charge is -2.34. The number of nitrogens with one attached hydrogen (secondary N) is 1. The Balaban J connectivity index is 1.41. The van der Waals surface area contributed by atoms with Crippen LogP contribution in [0.2, 0.25) is 10.0 Å². The third-order valence-electron chi connectivity index (χ3n) is 8.03. The molecule has 1 amide bonds. The number of thiophene rings is 1. The molecule has 3 unspecified atom stereocenters. The van der Waals surface area contributed by atoms with Crippen molar-refractivity contribution in [2.75, 3.05) is 19.6 Å². The summed E-state index contributed by atoms with van der Waals surface area (Å²) >= 11 is 14.1. The quantitative estimate of drug-likeness (QED) is 0.391. The Morgan fingerprint density at radius 1 is 1.06 bits per heavy atom. The van der Waals surface area contributed by atoms with E-state index in [0.29, 0.717) is 28.7 Å². The highest BCUT2D eigenvalue weighted by Crippen LogP contribution is 2.51. The molecule has 3 atom stereocenters. The van der Waals surface area contributed by atoms with Crippen LogP contribution in [-0.4, -0.2) is 30.4 Å². The maximum atomic E-state index is 13.6. The number of amides is 1. The minimum absolute atomic E-state index is 0.0151. The van der Waals surface area contributed by atoms with Gasteiger partial charge in [0, 0.05) is 30.5 Å². The smallest absolute Gasteiger partial charge is 0.253 e. The Kier molecular flexibility index (Phi) is 6.04. The van der Waals surface area contributed by atoms with Crippen LogP contribution in [0, 0.1) is 12.8 Å². The van der Waals surface area contributed by atoms with E-state index >= 15 is 0 Å². The molecule has 1 spiro atoms. The third kappa shape index (κ3) is 3.95. The zero-order valence-corrected chi connectivity index (χ0v) is 22.0. The number of piperidine rings is 1. The van der Waals surface area contributed by atoms with Gasteiger partial charge in [-0.3, -0.25) is 4.79 Å². The number of carbonyl (C=O) groups is 1. The van der Waals surface area contributed by atoms with Gasteiger partial charge in [-0.1, -0.05) is 53.5 Å². The van der Waals surface area contributed by atoms with Gasteiger partial charge in [0.05, 0.1) is 15.6 Å². The van der Waals surface area contributed by atoms with E-state index in [9.17, 15) is 4.79 Å². The van der Waals surface area contributed by atoms with E-state index in [4.69, 9.17) is 23.2 Å². The SMILES string of the molecule is Cc1cscc1C1CN(C(=O)c2ccc(Cl)c(Cl)c2)CC1C1=CC2(CCCCN2)c2ccccc21. The summed E-state index contributed by atoms with van der Waals surface area (Å²) in [5, 5.41) is 9.23. The lowest BCUT2D eigenvalue weighted by Crippen LogP contribution is -2.43. The van der Waals surface area contributed by atoms with Crippen LogP contribution in [0.4, 0.5) is 0 Å². The molecule has 1 N–H and O–H groups in total. The van der Waals surface area contributed by atoms with Gasteiger partial charge in [0.15, 0.2) is 0 Å². The van der Waals surface area contributed by atoms with Crippen molar-refractivity contribution in [3.8, 4) is 0 Å². The highest BCUT2D eigenvalue weighted by Gasteiger charge is 2.46. The summed E-state index contributed by atoms with van der Waals surface area (Å²) < 4.78 is 0. The average molecular weight is 524 g/mol. The van der Waals surface area contributed by atoms with Gasteiger partial charge in [0.1, 0.15) is 0 Å². The number of nitrogens with zero attached hydrogens (tertiary/aromatic N) is 1. The first kappa shape index (κ1) is 23.3. The largest absolute Gasteiger partial charge is 0.337 e. The second-order valence-corrected chi connectivity index (χ2v) is 11.6. The first-order valence-electron chi connectivity index (χ1n) is 12.3. The maximum absolute atomic E-state index is 13.6. The minimum Gasteiger partial charge on any atom is -0.337 e. The second kappa shape index (κ2) is 9.08. The van der Waals surface area contributed by atoms with Gasteiger partial charge in [-0.25, -0.2) is 0 Å². The van der Waals surface area contributed by atoms with Gasteiger partial charge in [0.25, 0.3) is 5.91 Å². The van der Waals surface area contributed by atoms with Crippen LogP contribution in [0.25, 0.3) is 5.57 Å². The predicted molar refractivity (Wildman–Crippen MR) is 146 cm³/mol. The van der Waals surface area contributed by atoms with Gasteiger partial charge in [0.2, 0.25) is 0 Å². The maximum Gasteiger partial charge on any atom is 0.253 e. The molecule has 180 valence electrons. The van der Waals surface area contributed by atoms with E-state index in [1.165, 1.54) is 40.7 Å². The molecule has 6 rings (SSSR count). The van der Waals surface area contributed by atoms with Gasteiger partial charge >= 0.3 is 0 Å². The molecule has 3 heterocycles. The van der Waals surface area contributed by atoms with Crippen molar-refractivity contribution < 1.29 is 4.79 Å². The summed E-state index contributed by atoms with van der Waals surface area (Å²) in [5.41, 5.74) is 7.30. The molecule has 0 radical (unpaired) electrons. The van der Waals surface area contributed by atoms with Crippen LogP contribution in [0.15, 0.2) is 59.3 Å². The summed E-state index contributed by atoms with van der Waals surface area (Å²) in [6.45, 7) is 4.61. The highest BCUT2D eigenvalue weighted by atomic mass is 35.5. The summed E-state index contributed by atoms with van der Waals surface area (Å²) in [6.07, 6.45) is 6.07. The number of rotatable bonds is 3. The number of likely N-dealkylation sites (tertiary alicyclic amines) is 1. The minimum atomic E-state index is -0.0838. The van der Waals surface area contributed by atoms with E-state index in [1.807, 2.05) is 4.90 Å². The van der Waals surface area contributed by atoms with Crippen LogP contribution in [0.3, 0.4) is 0 Å². The fraction of sp³-hybridized carbons (Fsp3) is 0.345. The molecule has 35 heavy (non-hydrogen) atoms. The van der Waals surface area contributed by atoms with Gasteiger partial charge in [-0.05, 0) is 89.5 Å². The number of hydrogen-bond acceptors (Lipinski definition) is 3. The number of carbonyl (C=O) groups excluding carboxylic acids is 1. The average Bonchev–Trinajstić information content (AvgIpc) is 3.57. The number of aryl methyl sites for hydroxylation is 1. The molecule has 0 bridgehead atoms. The number of benzene rings is 2. The first-order valence-corrected chi connectivity index (χ1v) is 14.0. The van der Waals surface area contributed by atoms with E-state index in [1.54, 1.807) is 29.5 Å². The lowest BCUT2D eigenvalue weighted by molar-refractivity contribution is 0.0788. The Labute approximate surface area is 220 Å². The van der Waals surface area contributed by atoms with Crippen LogP contribution in [0.5, 0.6) is 0 Å². The standard InChI is InChI=1S/C29H28Cl2N2OS/c1-18-16-35-17-24(18)23-15-33(28(34)19-8-9-26(30)27(31)12-19)14-22(23)21-13-29(10-4-5-11-32-29)25-7-3-2-6-20(21)25/h2-3,6-9,12-13,16-17,22-23,32H,4-5,10-11,14-15H2,1H3. The Morgan fingerprint density at radius 3 is 2.63 bits per heavy atom. The summed E-state index contributed by atoms with van der Waals surface area (Å²) in [6, 6.07) is 14.0. The van der Waals surface area contributed by atoms with Crippen molar-refractivity contribution in [3.63, 3.8) is 0 Å². The molecule has 6 heteroatoms. The molecule has 2 aromatic carbocycles. The molecule has 1 aliphatic carbocycles. The zero-order chi connectivity index (χ0) is 24.2. The molecule has 2 aliphatic heterocycles. The van der Waals surface area contributed by atoms with E-state index in [0.717, 1.165) is 13.0 Å². The van der Waals surface area contributed by atoms with Crippen molar-refractivity contribution in [1.82, 2.24) is 10.2 Å². The summed E-state index contributed by atoms with van der Waals surface area (Å²) in [7, 11) is 0. The first-order chi connectivity index (χ1) is 17.0. The molecule has 1 aromatic heterocycles. The monoisotopic (exact) mass is 522 g/mol. The molecule has 0 saturated carbocycles. The van der Waals surface area contributed by atoms with Crippen LogP contribution < -0.4 is 5.32 Å². The Morgan fingerprint density at radius 2 is 1.89 bits per heavy atom. The van der Waals surface area contributed by atoms with E-state index in [2.05, 4.69) is 53.3 Å². The van der Waals surface area contributed by atoms with Crippen molar-refractivity contribution >= 4 is 46.0 Å².